The third-order valence-electron chi connectivity index (χ3n) is 5.25. The first-order chi connectivity index (χ1) is 12.7. The second-order valence-corrected chi connectivity index (χ2v) is 7.04. The third kappa shape index (κ3) is 4.75. The fraction of sp³-hybridized carbons (Fsp3) is 0.600. The molecule has 1 aromatic rings. The lowest BCUT2D eigenvalue weighted by atomic mass is 10.1. The second kappa shape index (κ2) is 9.03. The molecule has 1 N–H and O–H groups in total. The van der Waals surface area contributed by atoms with E-state index in [1.54, 1.807) is 0 Å². The standard InChI is InChI=1S/C20H29N3O3/c1-2-16-6-3-4-7-18(16)26-13-12-22-8-5-9-23(11-10-22)20(25)17-14-19(24)21-15-17/h3-4,6-7,17H,2,5,8-15H2,1H3,(H,21,24). The SMILES string of the molecule is CCc1ccccc1OCCN1CCCN(C(=O)C2CNC(=O)C2)CC1. The van der Waals surface area contributed by atoms with Crippen LogP contribution in [0.4, 0.5) is 0 Å². The van der Waals surface area contributed by atoms with E-state index in [4.69, 9.17) is 4.74 Å². The van der Waals surface area contributed by atoms with Crippen molar-refractivity contribution in [1.29, 1.82) is 0 Å². The summed E-state index contributed by atoms with van der Waals surface area (Å²) in [5.41, 5.74) is 1.24. The van der Waals surface area contributed by atoms with Gasteiger partial charge in [0.2, 0.25) is 11.8 Å². The topological polar surface area (TPSA) is 61.9 Å². The van der Waals surface area contributed by atoms with Crippen LogP contribution in [0.25, 0.3) is 0 Å². The van der Waals surface area contributed by atoms with Crippen molar-refractivity contribution < 1.29 is 14.3 Å². The maximum Gasteiger partial charge on any atom is 0.228 e. The maximum atomic E-state index is 12.6. The molecule has 0 spiro atoms. The summed E-state index contributed by atoms with van der Waals surface area (Å²) in [4.78, 5) is 28.2. The third-order valence-corrected chi connectivity index (χ3v) is 5.25. The Balaban J connectivity index is 1.43. The summed E-state index contributed by atoms with van der Waals surface area (Å²) in [6.07, 6.45) is 2.27. The van der Waals surface area contributed by atoms with Gasteiger partial charge in [-0.3, -0.25) is 14.5 Å². The molecule has 1 atom stereocenters. The summed E-state index contributed by atoms with van der Waals surface area (Å²) < 4.78 is 5.97. The van der Waals surface area contributed by atoms with Crippen molar-refractivity contribution in [2.24, 2.45) is 5.92 Å². The van der Waals surface area contributed by atoms with Crippen molar-refractivity contribution in [3.8, 4) is 5.75 Å². The zero-order valence-corrected chi connectivity index (χ0v) is 15.6. The summed E-state index contributed by atoms with van der Waals surface area (Å²) in [6.45, 7) is 7.49. The molecule has 2 saturated heterocycles. The van der Waals surface area contributed by atoms with Gasteiger partial charge in [0, 0.05) is 45.7 Å². The van der Waals surface area contributed by atoms with Gasteiger partial charge >= 0.3 is 0 Å². The van der Waals surface area contributed by atoms with Crippen LogP contribution in [0.1, 0.15) is 25.3 Å². The lowest BCUT2D eigenvalue weighted by Crippen LogP contribution is -2.40. The molecular weight excluding hydrogens is 330 g/mol. The summed E-state index contributed by atoms with van der Waals surface area (Å²) >= 11 is 0. The minimum atomic E-state index is -0.178. The zero-order valence-electron chi connectivity index (χ0n) is 15.6. The molecule has 0 aliphatic carbocycles. The summed E-state index contributed by atoms with van der Waals surface area (Å²) in [5, 5.41) is 2.75. The van der Waals surface area contributed by atoms with Gasteiger partial charge in [-0.2, -0.15) is 0 Å². The quantitative estimate of drug-likeness (QED) is 0.832. The minimum absolute atomic E-state index is 0.00990. The number of benzene rings is 1. The lowest BCUT2D eigenvalue weighted by Gasteiger charge is -2.24. The second-order valence-electron chi connectivity index (χ2n) is 7.04. The fourth-order valence-electron chi connectivity index (χ4n) is 3.67. The van der Waals surface area contributed by atoms with Crippen molar-refractivity contribution in [1.82, 2.24) is 15.1 Å². The highest BCUT2D eigenvalue weighted by Crippen LogP contribution is 2.18. The molecule has 2 fully saturated rings. The smallest absolute Gasteiger partial charge is 0.228 e. The molecule has 6 heteroatoms. The predicted molar refractivity (Wildman–Crippen MR) is 100 cm³/mol. The number of hydrogen-bond acceptors (Lipinski definition) is 4. The van der Waals surface area contributed by atoms with Gasteiger partial charge in [-0.1, -0.05) is 25.1 Å². The Hall–Kier alpha value is -2.08. The van der Waals surface area contributed by atoms with E-state index in [0.717, 1.165) is 51.3 Å². The number of amides is 2. The highest BCUT2D eigenvalue weighted by atomic mass is 16.5. The Labute approximate surface area is 155 Å². The first-order valence-corrected chi connectivity index (χ1v) is 9.66. The van der Waals surface area contributed by atoms with Crippen molar-refractivity contribution in [2.75, 3.05) is 45.9 Å². The highest BCUT2D eigenvalue weighted by Gasteiger charge is 2.31. The van der Waals surface area contributed by atoms with Gasteiger partial charge in [0.05, 0.1) is 5.92 Å². The van der Waals surface area contributed by atoms with Gasteiger partial charge in [-0.15, -0.1) is 0 Å². The number of nitrogens with zero attached hydrogens (tertiary/aromatic N) is 2. The summed E-state index contributed by atoms with van der Waals surface area (Å²) in [7, 11) is 0. The van der Waals surface area contributed by atoms with Crippen molar-refractivity contribution in [3.63, 3.8) is 0 Å². The van der Waals surface area contributed by atoms with Crippen LogP contribution in [-0.2, 0) is 16.0 Å². The van der Waals surface area contributed by atoms with Crippen LogP contribution in [0.15, 0.2) is 24.3 Å². The Morgan fingerprint density at radius 2 is 2.08 bits per heavy atom. The van der Waals surface area contributed by atoms with Crippen molar-refractivity contribution in [3.05, 3.63) is 29.8 Å². The molecule has 0 radical (unpaired) electrons. The van der Waals surface area contributed by atoms with Crippen LogP contribution in [0, 0.1) is 5.92 Å². The maximum absolute atomic E-state index is 12.6. The van der Waals surface area contributed by atoms with E-state index in [2.05, 4.69) is 23.2 Å². The lowest BCUT2D eigenvalue weighted by molar-refractivity contribution is -0.135. The fourth-order valence-corrected chi connectivity index (χ4v) is 3.67. The molecule has 1 unspecified atom stereocenters. The summed E-state index contributed by atoms with van der Waals surface area (Å²) in [6, 6.07) is 8.18. The Kier molecular flexibility index (Phi) is 6.50. The molecule has 0 bridgehead atoms. The number of aryl methyl sites for hydroxylation is 1. The Morgan fingerprint density at radius 3 is 2.85 bits per heavy atom. The van der Waals surface area contributed by atoms with Crippen molar-refractivity contribution in [2.45, 2.75) is 26.2 Å². The average Bonchev–Trinajstić information content (AvgIpc) is 2.96. The van der Waals surface area contributed by atoms with Gasteiger partial charge in [-0.25, -0.2) is 0 Å². The molecular formula is C20H29N3O3. The number of carbonyl (C=O) groups excluding carboxylic acids is 2. The van der Waals surface area contributed by atoms with E-state index < -0.39 is 0 Å². The first kappa shape index (κ1) is 18.7. The molecule has 3 rings (SSSR count). The molecule has 0 aromatic heterocycles. The summed E-state index contributed by atoms with van der Waals surface area (Å²) in [5.74, 6) is 0.908. The van der Waals surface area contributed by atoms with Crippen molar-refractivity contribution >= 4 is 11.8 Å². The highest BCUT2D eigenvalue weighted by molar-refractivity contribution is 5.89. The number of nitrogens with one attached hydrogen (secondary N) is 1. The Morgan fingerprint density at radius 1 is 1.23 bits per heavy atom. The van der Waals surface area contributed by atoms with E-state index in [0.29, 0.717) is 19.6 Å². The van der Waals surface area contributed by atoms with Gasteiger partial charge in [0.25, 0.3) is 0 Å². The molecule has 6 nitrogen and oxygen atoms in total. The zero-order chi connectivity index (χ0) is 18.4. The van der Waals surface area contributed by atoms with Gasteiger partial charge in [0.15, 0.2) is 0 Å². The van der Waals surface area contributed by atoms with E-state index in [-0.39, 0.29) is 17.7 Å². The number of para-hydroxylation sites is 1. The van der Waals surface area contributed by atoms with Gasteiger partial charge in [-0.05, 0) is 24.5 Å². The van der Waals surface area contributed by atoms with Crippen LogP contribution in [0.2, 0.25) is 0 Å². The van der Waals surface area contributed by atoms with E-state index in [1.165, 1.54) is 5.56 Å². The molecule has 1 aromatic carbocycles. The number of carbonyl (C=O) groups is 2. The monoisotopic (exact) mass is 359 g/mol. The number of ether oxygens (including phenoxy) is 1. The average molecular weight is 359 g/mol. The number of rotatable bonds is 6. The largest absolute Gasteiger partial charge is 0.492 e. The number of hydrogen-bond donors (Lipinski definition) is 1. The Bertz CT molecular complexity index is 634. The predicted octanol–water partition coefficient (Wildman–Crippen LogP) is 1.30. The van der Waals surface area contributed by atoms with Gasteiger partial charge in [0.1, 0.15) is 12.4 Å². The molecule has 2 heterocycles. The van der Waals surface area contributed by atoms with Crippen LogP contribution < -0.4 is 10.1 Å². The molecule has 2 amide bonds. The molecule has 2 aliphatic rings. The molecule has 0 saturated carbocycles. The van der Waals surface area contributed by atoms with Crippen LogP contribution in [0.3, 0.4) is 0 Å². The normalized spacial score (nSPS) is 21.3. The van der Waals surface area contributed by atoms with E-state index >= 15 is 0 Å². The van der Waals surface area contributed by atoms with Gasteiger partial charge < -0.3 is 15.0 Å². The minimum Gasteiger partial charge on any atom is -0.492 e. The van der Waals surface area contributed by atoms with Crippen LogP contribution in [0.5, 0.6) is 5.75 Å². The van der Waals surface area contributed by atoms with E-state index in [9.17, 15) is 9.59 Å². The molecule has 26 heavy (non-hydrogen) atoms. The molecule has 142 valence electrons. The van der Waals surface area contributed by atoms with Crippen LogP contribution >= 0.6 is 0 Å². The van der Waals surface area contributed by atoms with E-state index in [1.807, 2.05) is 23.1 Å². The van der Waals surface area contributed by atoms with Crippen LogP contribution in [-0.4, -0.2) is 67.5 Å². The molecule has 2 aliphatic heterocycles. The first-order valence-electron chi connectivity index (χ1n) is 9.66.